The SMILES string of the molecule is CCC(=O)O.CCCOCCC.OCCO. The molecule has 5 heteroatoms. The van der Waals surface area contributed by atoms with Crippen LogP contribution >= 0.6 is 0 Å². The van der Waals surface area contributed by atoms with E-state index >= 15 is 0 Å². The van der Waals surface area contributed by atoms with Crippen LogP contribution in [0.2, 0.25) is 0 Å². The fourth-order valence-corrected chi connectivity index (χ4v) is 0.391. The summed E-state index contributed by atoms with van der Waals surface area (Å²) in [7, 11) is 0. The molecule has 0 fully saturated rings. The van der Waals surface area contributed by atoms with Crippen LogP contribution in [0.4, 0.5) is 0 Å². The van der Waals surface area contributed by atoms with Crippen LogP contribution in [-0.4, -0.2) is 47.7 Å². The lowest BCUT2D eigenvalue weighted by atomic mass is 10.5. The van der Waals surface area contributed by atoms with Crippen molar-refractivity contribution in [3.63, 3.8) is 0 Å². The lowest BCUT2D eigenvalue weighted by Gasteiger charge is -1.95. The maximum Gasteiger partial charge on any atom is 0.303 e. The summed E-state index contributed by atoms with van der Waals surface area (Å²) in [6, 6.07) is 0. The van der Waals surface area contributed by atoms with Gasteiger partial charge in [-0.05, 0) is 12.8 Å². The Morgan fingerprint density at radius 1 is 1.00 bits per heavy atom. The van der Waals surface area contributed by atoms with Gasteiger partial charge in [-0.1, -0.05) is 20.8 Å². The van der Waals surface area contributed by atoms with Crippen molar-refractivity contribution in [2.45, 2.75) is 40.0 Å². The van der Waals surface area contributed by atoms with E-state index in [1.807, 2.05) is 0 Å². The van der Waals surface area contributed by atoms with Crippen LogP contribution in [0.5, 0.6) is 0 Å². The molecule has 0 atom stereocenters. The molecule has 0 aliphatic carbocycles. The molecule has 3 N–H and O–H groups in total. The highest BCUT2D eigenvalue weighted by molar-refractivity contribution is 5.66. The molecule has 0 saturated carbocycles. The van der Waals surface area contributed by atoms with E-state index in [4.69, 9.17) is 20.1 Å². The van der Waals surface area contributed by atoms with E-state index in [1.54, 1.807) is 6.92 Å². The van der Waals surface area contributed by atoms with E-state index in [1.165, 1.54) is 0 Å². The molecular formula is C11H26O5. The molecule has 0 heterocycles. The number of carbonyl (C=O) groups is 1. The first-order valence-electron chi connectivity index (χ1n) is 5.61. The normalized spacial score (nSPS) is 8.31. The van der Waals surface area contributed by atoms with Gasteiger partial charge in [0.25, 0.3) is 0 Å². The third-order valence-corrected chi connectivity index (χ3v) is 1.10. The lowest BCUT2D eigenvalue weighted by Crippen LogP contribution is -1.92. The van der Waals surface area contributed by atoms with Gasteiger partial charge in [0.05, 0.1) is 13.2 Å². The predicted molar refractivity (Wildman–Crippen MR) is 63.5 cm³/mol. The van der Waals surface area contributed by atoms with Gasteiger partial charge in [-0.25, -0.2) is 0 Å². The van der Waals surface area contributed by atoms with Crippen molar-refractivity contribution in [2.24, 2.45) is 0 Å². The fourth-order valence-electron chi connectivity index (χ4n) is 0.391. The van der Waals surface area contributed by atoms with Crippen molar-refractivity contribution >= 4 is 5.97 Å². The number of aliphatic hydroxyl groups excluding tert-OH is 2. The van der Waals surface area contributed by atoms with Gasteiger partial charge in [-0.15, -0.1) is 0 Å². The molecule has 0 radical (unpaired) electrons. The summed E-state index contributed by atoms with van der Waals surface area (Å²) < 4.78 is 5.13. The summed E-state index contributed by atoms with van der Waals surface area (Å²) in [4.78, 5) is 9.37. The van der Waals surface area contributed by atoms with Crippen molar-refractivity contribution in [3.8, 4) is 0 Å². The van der Waals surface area contributed by atoms with E-state index in [0.717, 1.165) is 26.1 Å². The topological polar surface area (TPSA) is 87.0 Å². The van der Waals surface area contributed by atoms with Crippen molar-refractivity contribution in [1.29, 1.82) is 0 Å². The number of ether oxygens (including phenoxy) is 1. The molecule has 5 nitrogen and oxygen atoms in total. The molecule has 0 aliphatic heterocycles. The van der Waals surface area contributed by atoms with Crippen LogP contribution < -0.4 is 0 Å². The fraction of sp³-hybridized carbons (Fsp3) is 0.909. The Labute approximate surface area is 98.1 Å². The van der Waals surface area contributed by atoms with Crippen molar-refractivity contribution in [2.75, 3.05) is 26.4 Å². The minimum absolute atomic E-state index is 0.125. The molecule has 0 amide bonds. The molecule has 100 valence electrons. The summed E-state index contributed by atoms with van der Waals surface area (Å²) in [6.45, 7) is 7.44. The average Bonchev–Trinajstić information content (AvgIpc) is 2.31. The van der Waals surface area contributed by atoms with Crippen molar-refractivity contribution in [3.05, 3.63) is 0 Å². The van der Waals surface area contributed by atoms with Crippen LogP contribution in [0.3, 0.4) is 0 Å². The Hall–Kier alpha value is -0.650. The van der Waals surface area contributed by atoms with Gasteiger partial charge in [-0.3, -0.25) is 4.79 Å². The molecule has 0 spiro atoms. The lowest BCUT2D eigenvalue weighted by molar-refractivity contribution is -0.136. The Morgan fingerprint density at radius 2 is 1.31 bits per heavy atom. The highest BCUT2D eigenvalue weighted by Crippen LogP contribution is 1.81. The largest absolute Gasteiger partial charge is 0.481 e. The molecule has 0 bridgehead atoms. The van der Waals surface area contributed by atoms with Gasteiger partial charge >= 0.3 is 5.97 Å². The molecule has 0 rings (SSSR count). The van der Waals surface area contributed by atoms with Crippen molar-refractivity contribution < 1.29 is 24.9 Å². The van der Waals surface area contributed by atoms with Crippen molar-refractivity contribution in [1.82, 2.24) is 0 Å². The molecule has 0 aromatic carbocycles. The minimum Gasteiger partial charge on any atom is -0.481 e. The number of carboxylic acids is 1. The molecule has 16 heavy (non-hydrogen) atoms. The van der Waals surface area contributed by atoms with E-state index in [-0.39, 0.29) is 19.6 Å². The number of aliphatic carboxylic acids is 1. The van der Waals surface area contributed by atoms with Gasteiger partial charge < -0.3 is 20.1 Å². The first-order valence-corrected chi connectivity index (χ1v) is 5.61. The Kier molecular flexibility index (Phi) is 30.9. The van der Waals surface area contributed by atoms with Gasteiger partial charge in [-0.2, -0.15) is 0 Å². The second-order valence-electron chi connectivity index (χ2n) is 2.81. The smallest absolute Gasteiger partial charge is 0.303 e. The van der Waals surface area contributed by atoms with Crippen LogP contribution in [0.15, 0.2) is 0 Å². The van der Waals surface area contributed by atoms with Gasteiger partial charge in [0.1, 0.15) is 0 Å². The quantitative estimate of drug-likeness (QED) is 0.607. The minimum atomic E-state index is -0.745. The van der Waals surface area contributed by atoms with E-state index < -0.39 is 5.97 Å². The zero-order valence-corrected chi connectivity index (χ0v) is 10.6. The first-order chi connectivity index (χ1) is 7.60. The second kappa shape index (κ2) is 23.9. The van der Waals surface area contributed by atoms with Crippen LogP contribution in [0.25, 0.3) is 0 Å². The summed E-state index contributed by atoms with van der Waals surface area (Å²) in [5.41, 5.74) is 0. The van der Waals surface area contributed by atoms with Gasteiger partial charge in [0.2, 0.25) is 0 Å². The van der Waals surface area contributed by atoms with Crippen LogP contribution in [0.1, 0.15) is 40.0 Å². The monoisotopic (exact) mass is 238 g/mol. The molecule has 0 aromatic rings. The summed E-state index contributed by atoms with van der Waals surface area (Å²) >= 11 is 0. The van der Waals surface area contributed by atoms with E-state index in [2.05, 4.69) is 13.8 Å². The molecular weight excluding hydrogens is 212 g/mol. The Morgan fingerprint density at radius 3 is 1.44 bits per heavy atom. The molecule has 0 saturated heterocycles. The third-order valence-electron chi connectivity index (χ3n) is 1.10. The highest BCUT2D eigenvalue weighted by atomic mass is 16.5. The van der Waals surface area contributed by atoms with E-state index in [0.29, 0.717) is 0 Å². The highest BCUT2D eigenvalue weighted by Gasteiger charge is 1.80. The zero-order chi connectivity index (χ0) is 13.2. The Balaban J connectivity index is -0.000000166. The first kappa shape index (κ1) is 20.7. The number of hydrogen-bond donors (Lipinski definition) is 3. The van der Waals surface area contributed by atoms with Crippen LogP contribution in [0, 0.1) is 0 Å². The molecule has 0 unspecified atom stereocenters. The van der Waals surface area contributed by atoms with Gasteiger partial charge in [0, 0.05) is 19.6 Å². The average molecular weight is 238 g/mol. The maximum absolute atomic E-state index is 9.37. The number of hydrogen-bond acceptors (Lipinski definition) is 4. The standard InChI is InChI=1S/C6H14O.C3H6O2.C2H6O2/c1-3-5-7-6-4-2;1-2-3(4)5;3-1-2-4/h3-6H2,1-2H3;2H2,1H3,(H,4,5);3-4H,1-2H2. The number of aliphatic hydroxyl groups is 2. The second-order valence-corrected chi connectivity index (χ2v) is 2.81. The third kappa shape index (κ3) is 50.5. The maximum atomic E-state index is 9.37. The zero-order valence-electron chi connectivity index (χ0n) is 10.6. The summed E-state index contributed by atoms with van der Waals surface area (Å²) in [5.74, 6) is -0.745. The van der Waals surface area contributed by atoms with Crippen LogP contribution in [-0.2, 0) is 9.53 Å². The van der Waals surface area contributed by atoms with Gasteiger partial charge in [0.15, 0.2) is 0 Å². The summed E-state index contributed by atoms with van der Waals surface area (Å²) in [5, 5.41) is 23.0. The molecule has 0 aliphatic rings. The van der Waals surface area contributed by atoms with E-state index in [9.17, 15) is 4.79 Å². The Bertz CT molecular complexity index is 111. The number of rotatable bonds is 6. The number of carboxylic acid groups (broad SMARTS) is 1. The molecule has 0 aromatic heterocycles. The predicted octanol–water partition coefficient (Wildman–Crippen LogP) is 1.28. The summed E-state index contributed by atoms with van der Waals surface area (Å²) in [6.07, 6.45) is 2.50.